The average molecular weight is 351 g/mol. The third-order valence-corrected chi connectivity index (χ3v) is 4.63. The molecule has 1 aromatic rings. The molecule has 0 bridgehead atoms. The second-order valence-corrected chi connectivity index (χ2v) is 6.22. The van der Waals surface area contributed by atoms with E-state index >= 15 is 0 Å². The van der Waals surface area contributed by atoms with E-state index in [1.54, 1.807) is 13.0 Å². The number of amides is 1. The fourth-order valence-corrected chi connectivity index (χ4v) is 3.05. The Bertz CT molecular complexity index is 587. The minimum atomic E-state index is -3.89. The summed E-state index contributed by atoms with van der Waals surface area (Å²) in [6, 6.07) is 2.83. The maximum absolute atomic E-state index is 11.8. The van der Waals surface area contributed by atoms with Gasteiger partial charge in [0.25, 0.3) is 5.91 Å². The third kappa shape index (κ3) is 4.27. The third-order valence-electron chi connectivity index (χ3n) is 2.38. The van der Waals surface area contributed by atoms with Crippen LogP contribution in [-0.2, 0) is 14.8 Å². The Hall–Kier alpha value is -0.960. The van der Waals surface area contributed by atoms with Gasteiger partial charge in [-0.1, -0.05) is 0 Å². The maximum atomic E-state index is 11.8. The van der Waals surface area contributed by atoms with Gasteiger partial charge in [0, 0.05) is 23.7 Å². The van der Waals surface area contributed by atoms with Crippen LogP contribution in [0.15, 0.2) is 21.5 Å². The minimum Gasteiger partial charge on any atom is -0.383 e. The molecule has 0 aromatic heterocycles. The number of aryl methyl sites for hydroxylation is 1. The van der Waals surface area contributed by atoms with Gasteiger partial charge >= 0.3 is 0 Å². The number of sulfonamides is 1. The first-order valence-corrected chi connectivity index (χ1v) is 7.71. The number of hydrogen-bond donors (Lipinski definition) is 2. The number of carbonyl (C=O) groups is 1. The molecule has 0 aliphatic rings. The molecule has 3 N–H and O–H groups in total. The second-order valence-electron chi connectivity index (χ2n) is 3.90. The van der Waals surface area contributed by atoms with Crippen molar-refractivity contribution >= 4 is 31.9 Å². The SMILES string of the molecule is COCCNC(=O)c1cc(C)c(Br)c(S(N)(=O)=O)c1. The predicted molar refractivity (Wildman–Crippen MR) is 74.5 cm³/mol. The zero-order valence-corrected chi connectivity index (χ0v) is 13.0. The summed E-state index contributed by atoms with van der Waals surface area (Å²) in [4.78, 5) is 11.7. The van der Waals surface area contributed by atoms with Gasteiger partial charge in [-0.3, -0.25) is 4.79 Å². The molecular weight excluding hydrogens is 336 g/mol. The van der Waals surface area contributed by atoms with Crippen molar-refractivity contribution in [1.82, 2.24) is 5.32 Å². The fourth-order valence-electron chi connectivity index (χ4n) is 1.44. The highest BCUT2D eigenvalue weighted by Gasteiger charge is 2.18. The van der Waals surface area contributed by atoms with Crippen LogP contribution < -0.4 is 10.5 Å². The van der Waals surface area contributed by atoms with Crippen molar-refractivity contribution < 1.29 is 17.9 Å². The number of primary sulfonamides is 1. The molecule has 0 fully saturated rings. The molecule has 0 spiro atoms. The summed E-state index contributed by atoms with van der Waals surface area (Å²) in [5.74, 6) is -0.377. The van der Waals surface area contributed by atoms with Crippen LogP contribution >= 0.6 is 15.9 Å². The molecular formula is C11H15BrN2O4S. The van der Waals surface area contributed by atoms with Crippen LogP contribution in [0.25, 0.3) is 0 Å². The van der Waals surface area contributed by atoms with E-state index in [9.17, 15) is 13.2 Å². The number of hydrogen-bond acceptors (Lipinski definition) is 4. The zero-order valence-electron chi connectivity index (χ0n) is 10.6. The quantitative estimate of drug-likeness (QED) is 0.766. The topological polar surface area (TPSA) is 98.5 Å². The normalized spacial score (nSPS) is 11.4. The highest BCUT2D eigenvalue weighted by Crippen LogP contribution is 2.26. The molecule has 8 heteroatoms. The summed E-state index contributed by atoms with van der Waals surface area (Å²) in [7, 11) is -2.37. The van der Waals surface area contributed by atoms with Gasteiger partial charge in [0.05, 0.1) is 11.5 Å². The van der Waals surface area contributed by atoms with E-state index in [-0.39, 0.29) is 16.4 Å². The Morgan fingerprint density at radius 3 is 2.63 bits per heavy atom. The molecule has 0 radical (unpaired) electrons. The minimum absolute atomic E-state index is 0.107. The van der Waals surface area contributed by atoms with E-state index in [0.29, 0.717) is 23.2 Å². The number of methoxy groups -OCH3 is 1. The van der Waals surface area contributed by atoms with Crippen molar-refractivity contribution in [3.63, 3.8) is 0 Å². The maximum Gasteiger partial charge on any atom is 0.251 e. The lowest BCUT2D eigenvalue weighted by atomic mass is 10.1. The smallest absolute Gasteiger partial charge is 0.251 e. The molecule has 0 aliphatic carbocycles. The van der Waals surface area contributed by atoms with Crippen molar-refractivity contribution in [2.24, 2.45) is 5.14 Å². The van der Waals surface area contributed by atoms with Crippen molar-refractivity contribution in [3.05, 3.63) is 27.7 Å². The monoisotopic (exact) mass is 350 g/mol. The lowest BCUT2D eigenvalue weighted by Gasteiger charge is -2.10. The Balaban J connectivity index is 3.11. The number of nitrogens with two attached hydrogens (primary N) is 1. The van der Waals surface area contributed by atoms with Gasteiger partial charge in [-0.2, -0.15) is 0 Å². The van der Waals surface area contributed by atoms with Crippen LogP contribution in [-0.4, -0.2) is 34.6 Å². The summed E-state index contributed by atoms with van der Waals surface area (Å²) >= 11 is 3.15. The standard InChI is InChI=1S/C11H15BrN2O4S/c1-7-5-8(11(15)14-3-4-18-2)6-9(10(7)12)19(13,16)17/h5-6H,3-4H2,1-2H3,(H,14,15)(H2,13,16,17). The molecule has 0 atom stereocenters. The Labute approximate surface area is 120 Å². The van der Waals surface area contributed by atoms with Crippen LogP contribution in [0.5, 0.6) is 0 Å². The summed E-state index contributed by atoms with van der Waals surface area (Å²) in [6.07, 6.45) is 0. The molecule has 0 heterocycles. The van der Waals surface area contributed by atoms with Crippen molar-refractivity contribution in [2.45, 2.75) is 11.8 Å². The van der Waals surface area contributed by atoms with Gasteiger partial charge in [-0.25, -0.2) is 13.6 Å². The van der Waals surface area contributed by atoms with Gasteiger partial charge in [0.15, 0.2) is 0 Å². The van der Waals surface area contributed by atoms with Crippen LogP contribution in [0.4, 0.5) is 0 Å². The highest BCUT2D eigenvalue weighted by molar-refractivity contribution is 9.10. The summed E-state index contributed by atoms with van der Waals surface area (Å²) in [5, 5.41) is 7.72. The first-order valence-electron chi connectivity index (χ1n) is 5.37. The van der Waals surface area contributed by atoms with E-state index in [0.717, 1.165) is 0 Å². The molecule has 0 saturated carbocycles. The fraction of sp³-hybridized carbons (Fsp3) is 0.364. The van der Waals surface area contributed by atoms with E-state index in [1.165, 1.54) is 13.2 Å². The number of benzene rings is 1. The Kier molecular flexibility index (Phi) is 5.48. The van der Waals surface area contributed by atoms with Gasteiger partial charge in [0.1, 0.15) is 0 Å². The molecule has 0 aliphatic heterocycles. The molecule has 1 amide bonds. The van der Waals surface area contributed by atoms with Gasteiger partial charge < -0.3 is 10.1 Å². The van der Waals surface area contributed by atoms with Gasteiger partial charge in [-0.05, 0) is 40.5 Å². The molecule has 6 nitrogen and oxygen atoms in total. The van der Waals surface area contributed by atoms with Crippen LogP contribution in [0.2, 0.25) is 0 Å². The van der Waals surface area contributed by atoms with Crippen molar-refractivity contribution in [3.8, 4) is 0 Å². The van der Waals surface area contributed by atoms with Crippen LogP contribution in [0, 0.1) is 6.92 Å². The zero-order chi connectivity index (χ0) is 14.6. The summed E-state index contributed by atoms with van der Waals surface area (Å²) < 4.78 is 28.0. The number of carbonyl (C=O) groups excluding carboxylic acids is 1. The van der Waals surface area contributed by atoms with E-state index in [4.69, 9.17) is 9.88 Å². The molecule has 0 unspecified atom stereocenters. The number of nitrogens with one attached hydrogen (secondary N) is 1. The van der Waals surface area contributed by atoms with E-state index in [2.05, 4.69) is 21.2 Å². The summed E-state index contributed by atoms with van der Waals surface area (Å²) in [5.41, 5.74) is 0.851. The van der Waals surface area contributed by atoms with Crippen LogP contribution in [0.1, 0.15) is 15.9 Å². The number of ether oxygens (including phenoxy) is 1. The average Bonchev–Trinajstić information content (AvgIpc) is 2.31. The number of halogens is 1. The molecule has 1 rings (SSSR count). The predicted octanol–water partition coefficient (Wildman–Crippen LogP) is 0.781. The first kappa shape index (κ1) is 16.1. The molecule has 19 heavy (non-hydrogen) atoms. The van der Waals surface area contributed by atoms with E-state index in [1.807, 2.05) is 0 Å². The molecule has 1 aromatic carbocycles. The molecule has 0 saturated heterocycles. The van der Waals surface area contributed by atoms with E-state index < -0.39 is 10.0 Å². The largest absolute Gasteiger partial charge is 0.383 e. The Morgan fingerprint density at radius 1 is 1.47 bits per heavy atom. The Morgan fingerprint density at radius 2 is 2.11 bits per heavy atom. The van der Waals surface area contributed by atoms with Crippen LogP contribution in [0.3, 0.4) is 0 Å². The molecule has 106 valence electrons. The van der Waals surface area contributed by atoms with Gasteiger partial charge in [-0.15, -0.1) is 0 Å². The van der Waals surface area contributed by atoms with Gasteiger partial charge in [0.2, 0.25) is 10.0 Å². The lowest BCUT2D eigenvalue weighted by molar-refractivity contribution is 0.0937. The summed E-state index contributed by atoms with van der Waals surface area (Å²) in [6.45, 7) is 2.41. The highest BCUT2D eigenvalue weighted by atomic mass is 79.9. The first-order chi connectivity index (χ1) is 8.77. The lowest BCUT2D eigenvalue weighted by Crippen LogP contribution is -2.27. The van der Waals surface area contributed by atoms with Crippen molar-refractivity contribution in [1.29, 1.82) is 0 Å². The number of rotatable bonds is 5. The van der Waals surface area contributed by atoms with Crippen molar-refractivity contribution in [2.75, 3.05) is 20.3 Å². The second kappa shape index (κ2) is 6.47.